The maximum absolute atomic E-state index is 13.0. The number of hydrogen-bond acceptors (Lipinski definition) is 8. The van der Waals surface area contributed by atoms with Crippen molar-refractivity contribution in [2.24, 2.45) is 0 Å². The second-order valence-electron chi connectivity index (χ2n) is 9.41. The summed E-state index contributed by atoms with van der Waals surface area (Å²) in [7, 11) is 3.73. The number of carbonyl (C=O) groups excluding carboxylic acids is 1. The number of carboxylic acids is 2. The maximum atomic E-state index is 13.0. The number of aliphatic carboxylic acids is 2. The van der Waals surface area contributed by atoms with Gasteiger partial charge in [0, 0.05) is 57.1 Å². The molecule has 0 saturated carbocycles. The molecule has 1 amide bonds. The summed E-state index contributed by atoms with van der Waals surface area (Å²) < 4.78 is 5.63. The van der Waals surface area contributed by atoms with E-state index in [9.17, 15) is 14.4 Å². The fourth-order valence-corrected chi connectivity index (χ4v) is 4.83. The van der Waals surface area contributed by atoms with Gasteiger partial charge in [0.1, 0.15) is 5.56 Å². The number of carbonyl (C=O) groups is 3. The Morgan fingerprint density at radius 2 is 1.68 bits per heavy atom. The quantitative estimate of drug-likeness (QED) is 0.418. The predicted molar refractivity (Wildman–Crippen MR) is 141 cm³/mol. The minimum Gasteiger partial charge on any atom is -0.478 e. The van der Waals surface area contributed by atoms with Crippen molar-refractivity contribution in [3.8, 4) is 5.88 Å². The van der Waals surface area contributed by atoms with Gasteiger partial charge in [-0.05, 0) is 38.2 Å². The molecular weight excluding hydrogens is 490 g/mol. The highest BCUT2D eigenvalue weighted by Gasteiger charge is 2.41. The van der Waals surface area contributed by atoms with E-state index in [4.69, 9.17) is 14.9 Å². The number of fused-ring (bicyclic) bond motifs is 2. The molecule has 2 aromatic rings. The topological polar surface area (TPSA) is 145 Å². The minimum atomic E-state index is -1.26. The third-order valence-corrected chi connectivity index (χ3v) is 6.46. The monoisotopic (exact) mass is 525 g/mol. The zero-order chi connectivity index (χ0) is 27.7. The Morgan fingerprint density at radius 1 is 1.08 bits per heavy atom. The molecular formula is C27H35N5O6. The van der Waals surface area contributed by atoms with Crippen molar-refractivity contribution < 1.29 is 29.3 Å². The fourth-order valence-electron chi connectivity index (χ4n) is 4.83. The molecule has 1 aromatic heterocycles. The zero-order valence-corrected chi connectivity index (χ0v) is 21.9. The molecule has 4 rings (SSSR count). The lowest BCUT2D eigenvalue weighted by molar-refractivity contribution is -0.134. The van der Waals surface area contributed by atoms with E-state index in [1.807, 2.05) is 21.0 Å². The van der Waals surface area contributed by atoms with Gasteiger partial charge in [-0.25, -0.2) is 14.6 Å². The second kappa shape index (κ2) is 13.5. The van der Waals surface area contributed by atoms with E-state index >= 15 is 0 Å². The number of carboxylic acid groups (broad SMARTS) is 2. The van der Waals surface area contributed by atoms with E-state index in [1.54, 1.807) is 11.1 Å². The number of hydrogen-bond donors (Lipinski definition) is 3. The SMILES string of the molecule is CCOc1nc(N(C)C)ncc1C(=O)NC1CC2CCC(C1)N2Cc1ccccc1.O=C(O)/C=C/C(=O)O. The lowest BCUT2D eigenvalue weighted by atomic mass is 9.96. The highest BCUT2D eigenvalue weighted by molar-refractivity contribution is 5.96. The largest absolute Gasteiger partial charge is 0.478 e. The number of aromatic nitrogens is 2. The van der Waals surface area contributed by atoms with Crippen LogP contribution in [0, 0.1) is 0 Å². The average Bonchev–Trinajstić information content (AvgIpc) is 3.10. The molecule has 3 N–H and O–H groups in total. The Labute approximate surface area is 222 Å². The van der Waals surface area contributed by atoms with Crippen molar-refractivity contribution >= 4 is 23.8 Å². The van der Waals surface area contributed by atoms with Gasteiger partial charge in [-0.2, -0.15) is 4.98 Å². The van der Waals surface area contributed by atoms with Crippen molar-refractivity contribution in [1.29, 1.82) is 0 Å². The summed E-state index contributed by atoms with van der Waals surface area (Å²) in [6.07, 6.45) is 7.06. The lowest BCUT2D eigenvalue weighted by Crippen LogP contribution is -2.50. The van der Waals surface area contributed by atoms with Crippen LogP contribution in [0.4, 0.5) is 5.95 Å². The van der Waals surface area contributed by atoms with Crippen LogP contribution in [0.5, 0.6) is 5.88 Å². The van der Waals surface area contributed by atoms with Crippen LogP contribution in [0.2, 0.25) is 0 Å². The molecule has 0 radical (unpaired) electrons. The minimum absolute atomic E-state index is 0.148. The molecule has 38 heavy (non-hydrogen) atoms. The molecule has 2 saturated heterocycles. The van der Waals surface area contributed by atoms with Gasteiger partial charge in [0.2, 0.25) is 11.8 Å². The van der Waals surface area contributed by atoms with Crippen molar-refractivity contribution in [2.45, 2.75) is 57.3 Å². The normalized spacial score (nSPS) is 20.3. The van der Waals surface area contributed by atoms with Crippen molar-refractivity contribution in [2.75, 3.05) is 25.6 Å². The van der Waals surface area contributed by atoms with Crippen LogP contribution in [-0.2, 0) is 16.1 Å². The Hall–Kier alpha value is -3.99. The first-order valence-corrected chi connectivity index (χ1v) is 12.6. The molecule has 1 aromatic carbocycles. The van der Waals surface area contributed by atoms with E-state index in [1.165, 1.54) is 18.4 Å². The first-order valence-electron chi connectivity index (χ1n) is 12.6. The molecule has 11 nitrogen and oxygen atoms in total. The summed E-state index contributed by atoms with van der Waals surface area (Å²) in [5, 5.41) is 18.9. The highest BCUT2D eigenvalue weighted by atomic mass is 16.5. The van der Waals surface area contributed by atoms with Gasteiger partial charge in [-0.1, -0.05) is 30.3 Å². The van der Waals surface area contributed by atoms with Crippen molar-refractivity contribution in [1.82, 2.24) is 20.2 Å². The third kappa shape index (κ3) is 8.01. The number of amides is 1. The summed E-state index contributed by atoms with van der Waals surface area (Å²) in [5.74, 6) is -1.79. The van der Waals surface area contributed by atoms with Gasteiger partial charge in [-0.3, -0.25) is 9.69 Å². The second-order valence-corrected chi connectivity index (χ2v) is 9.41. The van der Waals surface area contributed by atoms with Gasteiger partial charge in [-0.15, -0.1) is 0 Å². The number of rotatable bonds is 9. The van der Waals surface area contributed by atoms with Crippen LogP contribution in [0.25, 0.3) is 0 Å². The van der Waals surface area contributed by atoms with E-state index in [0.717, 1.165) is 19.4 Å². The molecule has 2 aliphatic rings. The molecule has 2 bridgehead atoms. The number of benzene rings is 1. The Morgan fingerprint density at radius 3 is 2.21 bits per heavy atom. The third-order valence-electron chi connectivity index (χ3n) is 6.46. The Balaban J connectivity index is 0.000000436. The first kappa shape index (κ1) is 28.6. The van der Waals surface area contributed by atoms with Gasteiger partial charge < -0.3 is 25.2 Å². The van der Waals surface area contributed by atoms with Crippen LogP contribution in [0.3, 0.4) is 0 Å². The maximum Gasteiger partial charge on any atom is 0.328 e. The van der Waals surface area contributed by atoms with Crippen LogP contribution in [-0.4, -0.2) is 81.8 Å². The number of piperidine rings is 1. The van der Waals surface area contributed by atoms with E-state index in [0.29, 0.717) is 48.2 Å². The Bertz CT molecular complexity index is 1110. The van der Waals surface area contributed by atoms with Gasteiger partial charge >= 0.3 is 11.9 Å². The lowest BCUT2D eigenvalue weighted by Gasteiger charge is -2.39. The summed E-state index contributed by atoms with van der Waals surface area (Å²) >= 11 is 0. The smallest absolute Gasteiger partial charge is 0.328 e. The van der Waals surface area contributed by atoms with Crippen LogP contribution in [0.1, 0.15) is 48.5 Å². The summed E-state index contributed by atoms with van der Waals surface area (Å²) in [4.78, 5) is 45.2. The molecule has 11 heteroatoms. The number of ether oxygens (including phenoxy) is 1. The molecule has 2 atom stereocenters. The molecule has 2 aliphatic heterocycles. The number of anilines is 1. The van der Waals surface area contributed by atoms with Crippen molar-refractivity contribution in [3.63, 3.8) is 0 Å². The summed E-state index contributed by atoms with van der Waals surface area (Å²) in [6.45, 7) is 3.33. The van der Waals surface area contributed by atoms with E-state index < -0.39 is 11.9 Å². The number of nitrogens with one attached hydrogen (secondary N) is 1. The van der Waals surface area contributed by atoms with Gasteiger partial charge in [0.05, 0.1) is 6.61 Å². The van der Waals surface area contributed by atoms with Gasteiger partial charge in [0.25, 0.3) is 5.91 Å². The fraction of sp³-hybridized carbons (Fsp3) is 0.444. The highest BCUT2D eigenvalue weighted by Crippen LogP contribution is 2.37. The van der Waals surface area contributed by atoms with Crippen LogP contribution in [0.15, 0.2) is 48.7 Å². The van der Waals surface area contributed by atoms with E-state index in [-0.39, 0.29) is 11.9 Å². The van der Waals surface area contributed by atoms with Gasteiger partial charge in [0.15, 0.2) is 0 Å². The number of nitrogens with zero attached hydrogens (tertiary/aromatic N) is 4. The summed E-state index contributed by atoms with van der Waals surface area (Å²) in [5.41, 5.74) is 1.76. The van der Waals surface area contributed by atoms with E-state index in [2.05, 4.69) is 50.5 Å². The van der Waals surface area contributed by atoms with Crippen LogP contribution >= 0.6 is 0 Å². The van der Waals surface area contributed by atoms with Crippen molar-refractivity contribution in [3.05, 3.63) is 59.8 Å². The average molecular weight is 526 g/mol. The predicted octanol–water partition coefficient (Wildman–Crippen LogP) is 2.58. The standard InChI is InChI=1S/C23H31N5O2.C4H4O4/c1-4-30-22-20(14-24-23(26-22)27(2)3)21(29)25-17-12-18-10-11-19(13-17)28(18)15-16-8-6-5-7-9-16;5-3(6)1-2-4(7)8/h5-9,14,17-19H,4,10-13,15H2,1-3H3,(H,25,29);1-2H,(H,5,6)(H,7,8)/b;2-1+. The molecule has 0 spiro atoms. The molecule has 2 unspecified atom stereocenters. The summed E-state index contributed by atoms with van der Waals surface area (Å²) in [6, 6.07) is 11.9. The molecule has 0 aliphatic carbocycles. The molecule has 204 valence electrons. The first-order chi connectivity index (χ1) is 18.2. The van der Waals surface area contributed by atoms with Crippen LogP contribution < -0.4 is 15.0 Å². The molecule has 2 fully saturated rings. The molecule has 3 heterocycles. The zero-order valence-electron chi connectivity index (χ0n) is 21.9. The Kier molecular flexibility index (Phi) is 10.2.